The average molecular weight is 436 g/mol. The summed E-state index contributed by atoms with van der Waals surface area (Å²) in [5.41, 5.74) is 2.07. The number of primary sulfonamides is 1. The van der Waals surface area contributed by atoms with E-state index in [1.54, 1.807) is 12.1 Å². The Kier molecular flexibility index (Phi) is 4.94. The van der Waals surface area contributed by atoms with E-state index in [1.165, 1.54) is 30.1 Å². The molecule has 0 radical (unpaired) electrons. The number of rotatable bonds is 4. The number of benzene rings is 2. The van der Waals surface area contributed by atoms with Crippen LogP contribution in [0.3, 0.4) is 0 Å². The molecule has 9 heteroatoms. The fraction of sp³-hybridized carbons (Fsp3) is 0.0588. The van der Waals surface area contributed by atoms with Crippen molar-refractivity contribution in [1.29, 1.82) is 0 Å². The van der Waals surface area contributed by atoms with Crippen molar-refractivity contribution in [2.24, 2.45) is 5.14 Å². The topological polar surface area (TPSA) is 104 Å². The molecule has 3 rings (SSSR count). The van der Waals surface area contributed by atoms with Gasteiger partial charge in [-0.3, -0.25) is 0 Å². The predicted octanol–water partition coefficient (Wildman–Crippen LogP) is 2.74. The number of carbonyl (C=O) groups is 1. The molecule has 0 fully saturated rings. The molecule has 0 saturated heterocycles. The Morgan fingerprint density at radius 3 is 2.27 bits per heavy atom. The number of hydrogen-bond donors (Lipinski definition) is 1. The predicted molar refractivity (Wildman–Crippen MR) is 99.4 cm³/mol. The molecule has 1 aromatic heterocycles. The summed E-state index contributed by atoms with van der Waals surface area (Å²) in [6.45, 7) is 0. The van der Waals surface area contributed by atoms with Crippen molar-refractivity contribution in [1.82, 2.24) is 9.78 Å². The highest BCUT2D eigenvalue weighted by Crippen LogP contribution is 2.26. The van der Waals surface area contributed by atoms with Crippen molar-refractivity contribution in [3.05, 3.63) is 64.8 Å². The molecular formula is C17H14BrN3O4S. The number of sulfonamides is 1. The van der Waals surface area contributed by atoms with E-state index in [1.807, 2.05) is 24.3 Å². The number of methoxy groups -OCH3 is 1. The molecule has 0 bridgehead atoms. The van der Waals surface area contributed by atoms with Crippen LogP contribution in [0, 0.1) is 0 Å². The van der Waals surface area contributed by atoms with Crippen LogP contribution in [0.4, 0.5) is 0 Å². The third-order valence-electron chi connectivity index (χ3n) is 3.67. The monoisotopic (exact) mass is 435 g/mol. The number of carbonyl (C=O) groups excluding carboxylic acids is 1. The Morgan fingerprint density at radius 1 is 1.12 bits per heavy atom. The summed E-state index contributed by atoms with van der Waals surface area (Å²) in [5.74, 6) is -0.518. The first-order valence-corrected chi connectivity index (χ1v) is 9.70. The average Bonchev–Trinajstić information content (AvgIpc) is 3.06. The Morgan fingerprint density at radius 2 is 1.73 bits per heavy atom. The molecule has 0 spiro atoms. The first kappa shape index (κ1) is 18.3. The largest absolute Gasteiger partial charge is 0.465 e. The number of ether oxygens (including phenoxy) is 1. The van der Waals surface area contributed by atoms with Gasteiger partial charge in [0.1, 0.15) is 11.3 Å². The smallest absolute Gasteiger partial charge is 0.341 e. The molecule has 0 aliphatic rings. The zero-order valence-electron chi connectivity index (χ0n) is 13.6. The molecule has 0 saturated carbocycles. The van der Waals surface area contributed by atoms with Gasteiger partial charge in [0.15, 0.2) is 0 Å². The molecule has 26 heavy (non-hydrogen) atoms. The highest BCUT2D eigenvalue weighted by Gasteiger charge is 2.19. The molecule has 134 valence electrons. The summed E-state index contributed by atoms with van der Waals surface area (Å²) < 4.78 is 30.0. The maximum absolute atomic E-state index is 12.1. The molecule has 1 heterocycles. The first-order valence-electron chi connectivity index (χ1n) is 7.37. The zero-order chi connectivity index (χ0) is 18.9. The van der Waals surface area contributed by atoms with Gasteiger partial charge in [-0.15, -0.1) is 0 Å². The third-order valence-corrected chi connectivity index (χ3v) is 5.12. The van der Waals surface area contributed by atoms with Gasteiger partial charge in [0.2, 0.25) is 10.0 Å². The van der Waals surface area contributed by atoms with Gasteiger partial charge in [-0.2, -0.15) is 5.10 Å². The van der Waals surface area contributed by atoms with E-state index in [2.05, 4.69) is 21.0 Å². The van der Waals surface area contributed by atoms with E-state index in [0.29, 0.717) is 16.9 Å². The molecule has 0 aliphatic carbocycles. The summed E-state index contributed by atoms with van der Waals surface area (Å²) in [4.78, 5) is 12.1. The summed E-state index contributed by atoms with van der Waals surface area (Å²) >= 11 is 3.37. The van der Waals surface area contributed by atoms with E-state index in [0.717, 1.165) is 10.0 Å². The highest BCUT2D eigenvalue weighted by atomic mass is 79.9. The number of nitrogens with two attached hydrogens (primary N) is 1. The number of hydrogen-bond acceptors (Lipinski definition) is 5. The molecule has 2 N–H and O–H groups in total. The lowest BCUT2D eigenvalue weighted by Crippen LogP contribution is -2.12. The molecular weight excluding hydrogens is 422 g/mol. The fourth-order valence-electron chi connectivity index (χ4n) is 2.38. The zero-order valence-corrected chi connectivity index (χ0v) is 16.0. The lowest BCUT2D eigenvalue weighted by Gasteiger charge is -2.03. The van der Waals surface area contributed by atoms with Crippen molar-refractivity contribution < 1.29 is 17.9 Å². The van der Waals surface area contributed by atoms with Gasteiger partial charge in [-0.25, -0.2) is 23.0 Å². The fourth-order valence-corrected chi connectivity index (χ4v) is 3.15. The maximum Gasteiger partial charge on any atom is 0.341 e. The van der Waals surface area contributed by atoms with Crippen molar-refractivity contribution >= 4 is 31.9 Å². The van der Waals surface area contributed by atoms with Crippen LogP contribution < -0.4 is 5.14 Å². The van der Waals surface area contributed by atoms with Crippen LogP contribution in [0.2, 0.25) is 0 Å². The SMILES string of the molecule is COC(=O)c1cn(-c2ccc(S(N)(=O)=O)cc2)nc1-c1ccc(Br)cc1. The van der Waals surface area contributed by atoms with E-state index < -0.39 is 16.0 Å². The van der Waals surface area contributed by atoms with Gasteiger partial charge in [-0.1, -0.05) is 28.1 Å². The first-order chi connectivity index (χ1) is 12.3. The van der Waals surface area contributed by atoms with Crippen molar-refractivity contribution in [2.75, 3.05) is 7.11 Å². The van der Waals surface area contributed by atoms with E-state index >= 15 is 0 Å². The van der Waals surface area contributed by atoms with Crippen LogP contribution in [0.15, 0.2) is 64.1 Å². The number of halogens is 1. The molecule has 0 unspecified atom stereocenters. The Hall–Kier alpha value is -2.49. The van der Waals surface area contributed by atoms with Gasteiger partial charge < -0.3 is 4.74 Å². The van der Waals surface area contributed by atoms with Crippen LogP contribution >= 0.6 is 15.9 Å². The van der Waals surface area contributed by atoms with Crippen molar-refractivity contribution in [3.63, 3.8) is 0 Å². The molecule has 3 aromatic rings. The maximum atomic E-state index is 12.1. The van der Waals surface area contributed by atoms with E-state index in [9.17, 15) is 13.2 Å². The summed E-state index contributed by atoms with van der Waals surface area (Å²) in [6.07, 6.45) is 1.54. The van der Waals surface area contributed by atoms with E-state index in [4.69, 9.17) is 9.88 Å². The van der Waals surface area contributed by atoms with Gasteiger partial charge in [0.25, 0.3) is 0 Å². The summed E-state index contributed by atoms with van der Waals surface area (Å²) in [6, 6.07) is 13.2. The summed E-state index contributed by atoms with van der Waals surface area (Å²) in [5, 5.41) is 9.57. The number of aromatic nitrogens is 2. The molecule has 0 aliphatic heterocycles. The van der Waals surface area contributed by atoms with Gasteiger partial charge >= 0.3 is 5.97 Å². The Labute approximate surface area is 158 Å². The van der Waals surface area contributed by atoms with Crippen LogP contribution in [-0.2, 0) is 14.8 Å². The van der Waals surface area contributed by atoms with Crippen molar-refractivity contribution in [3.8, 4) is 16.9 Å². The molecule has 7 nitrogen and oxygen atoms in total. The minimum absolute atomic E-state index is 0.00488. The van der Waals surface area contributed by atoms with Gasteiger partial charge in [0.05, 0.1) is 17.7 Å². The summed E-state index contributed by atoms with van der Waals surface area (Å²) in [7, 11) is -2.48. The van der Waals surface area contributed by atoms with Crippen molar-refractivity contribution in [2.45, 2.75) is 4.90 Å². The Bertz CT molecular complexity index is 1060. The number of esters is 1. The van der Waals surface area contributed by atoms with E-state index in [-0.39, 0.29) is 4.90 Å². The minimum atomic E-state index is -3.78. The second-order valence-corrected chi connectivity index (χ2v) is 7.85. The quantitative estimate of drug-likeness (QED) is 0.634. The third kappa shape index (κ3) is 3.69. The van der Waals surface area contributed by atoms with Gasteiger partial charge in [0, 0.05) is 16.2 Å². The van der Waals surface area contributed by atoms with Gasteiger partial charge in [-0.05, 0) is 36.4 Å². The normalized spacial score (nSPS) is 11.3. The Balaban J connectivity index is 2.09. The lowest BCUT2D eigenvalue weighted by atomic mass is 10.1. The van der Waals surface area contributed by atoms with Crippen LogP contribution in [0.25, 0.3) is 16.9 Å². The minimum Gasteiger partial charge on any atom is -0.465 e. The van der Waals surface area contributed by atoms with Crippen LogP contribution in [0.5, 0.6) is 0 Å². The van der Waals surface area contributed by atoms with Crippen LogP contribution in [-0.4, -0.2) is 31.3 Å². The second kappa shape index (κ2) is 7.02. The highest BCUT2D eigenvalue weighted by molar-refractivity contribution is 9.10. The standard InChI is InChI=1S/C17H14BrN3O4S/c1-25-17(22)15-10-21(13-6-8-14(9-7-13)26(19,23)24)20-16(15)11-2-4-12(18)5-3-11/h2-10H,1H3,(H2,19,23,24). The molecule has 2 aromatic carbocycles. The lowest BCUT2D eigenvalue weighted by molar-refractivity contribution is 0.0601. The molecule has 0 atom stereocenters. The second-order valence-electron chi connectivity index (χ2n) is 5.37. The molecule has 0 amide bonds. The number of nitrogens with zero attached hydrogens (tertiary/aromatic N) is 2. The van der Waals surface area contributed by atoms with Crippen LogP contribution in [0.1, 0.15) is 10.4 Å².